The van der Waals surface area contributed by atoms with Crippen LogP contribution in [0.1, 0.15) is 53.6 Å². The van der Waals surface area contributed by atoms with Gasteiger partial charge in [-0.05, 0) is 62.9 Å². The van der Waals surface area contributed by atoms with Crippen molar-refractivity contribution in [2.45, 2.75) is 56.9 Å². The molecule has 1 heterocycles. The van der Waals surface area contributed by atoms with E-state index >= 15 is 0 Å². The molecule has 0 amide bonds. The van der Waals surface area contributed by atoms with E-state index in [1.54, 1.807) is 12.1 Å². The highest BCUT2D eigenvalue weighted by Crippen LogP contribution is 2.30. The van der Waals surface area contributed by atoms with E-state index in [-0.39, 0.29) is 22.4 Å². The molecule has 3 aromatic rings. The van der Waals surface area contributed by atoms with Crippen LogP contribution in [0.25, 0.3) is 11.3 Å². The van der Waals surface area contributed by atoms with Gasteiger partial charge in [-0.15, -0.1) is 0 Å². The van der Waals surface area contributed by atoms with E-state index in [9.17, 15) is 13.2 Å². The van der Waals surface area contributed by atoms with Gasteiger partial charge in [0.05, 0.1) is 10.6 Å². The van der Waals surface area contributed by atoms with Gasteiger partial charge in [-0.2, -0.15) is 4.98 Å². The summed E-state index contributed by atoms with van der Waals surface area (Å²) in [6.07, 6.45) is 6.66. The lowest BCUT2D eigenvalue weighted by Gasteiger charge is -2.29. The standard InChI is InChI=1S/C28H34N4O4S/c1-19-9-7-10-20(2)27(19)24-16-26(36-18-25(29-3)22-12-5-4-6-13-22)31-28(30-24)32-37(34,35)23-14-8-11-21(15-23)17-33/h7-11,14-17,22,25,29H,4-6,12-13,18H2,1-3H3,(H,30,31,32)/t25-/m0/s1. The second-order valence-electron chi connectivity index (χ2n) is 9.58. The fourth-order valence-corrected chi connectivity index (χ4v) is 5.99. The van der Waals surface area contributed by atoms with Crippen LogP contribution in [0, 0.1) is 19.8 Å². The largest absolute Gasteiger partial charge is 0.476 e. The summed E-state index contributed by atoms with van der Waals surface area (Å²) in [5.41, 5.74) is 3.74. The van der Waals surface area contributed by atoms with E-state index in [4.69, 9.17) is 4.74 Å². The Morgan fingerprint density at radius 3 is 2.41 bits per heavy atom. The number of aryl methyl sites for hydroxylation is 2. The SMILES string of the molecule is CN[C@@H](COc1cc(-c2c(C)cccc2C)nc(NS(=O)(=O)c2cccc(C=O)c2)n1)C1CCCCC1. The van der Waals surface area contributed by atoms with Crippen LogP contribution in [-0.2, 0) is 10.0 Å². The third-order valence-corrected chi connectivity index (χ3v) is 8.30. The molecule has 0 aliphatic heterocycles. The molecule has 1 fully saturated rings. The van der Waals surface area contributed by atoms with Gasteiger partial charge in [0.1, 0.15) is 12.9 Å². The van der Waals surface area contributed by atoms with Crippen LogP contribution in [0.4, 0.5) is 5.95 Å². The zero-order valence-electron chi connectivity index (χ0n) is 21.5. The van der Waals surface area contributed by atoms with Crippen LogP contribution in [0.5, 0.6) is 5.88 Å². The molecule has 2 aromatic carbocycles. The summed E-state index contributed by atoms with van der Waals surface area (Å²) >= 11 is 0. The fraction of sp³-hybridized carbons (Fsp3) is 0.393. The highest BCUT2D eigenvalue weighted by Gasteiger charge is 2.24. The second-order valence-corrected chi connectivity index (χ2v) is 11.3. The van der Waals surface area contributed by atoms with Gasteiger partial charge in [-0.1, -0.05) is 49.6 Å². The molecule has 4 rings (SSSR count). The summed E-state index contributed by atoms with van der Waals surface area (Å²) in [5.74, 6) is 0.732. The molecule has 0 bridgehead atoms. The normalized spacial score (nSPS) is 15.2. The van der Waals surface area contributed by atoms with Crippen molar-refractivity contribution in [2.24, 2.45) is 5.92 Å². The van der Waals surface area contributed by atoms with Gasteiger partial charge in [0.15, 0.2) is 0 Å². The van der Waals surface area contributed by atoms with Crippen molar-refractivity contribution in [3.8, 4) is 17.1 Å². The van der Waals surface area contributed by atoms with E-state index in [0.717, 1.165) is 29.5 Å². The first-order chi connectivity index (χ1) is 17.8. The number of hydrogen-bond acceptors (Lipinski definition) is 7. The summed E-state index contributed by atoms with van der Waals surface area (Å²) < 4.78 is 34.9. The molecule has 1 aromatic heterocycles. The van der Waals surface area contributed by atoms with Gasteiger partial charge in [0.25, 0.3) is 10.0 Å². The minimum Gasteiger partial charge on any atom is -0.476 e. The van der Waals surface area contributed by atoms with E-state index in [0.29, 0.717) is 30.4 Å². The number of anilines is 1. The van der Waals surface area contributed by atoms with Crippen molar-refractivity contribution in [1.29, 1.82) is 0 Å². The van der Waals surface area contributed by atoms with Gasteiger partial charge in [0.2, 0.25) is 11.8 Å². The first-order valence-electron chi connectivity index (χ1n) is 12.6. The molecule has 0 unspecified atom stereocenters. The number of carbonyl (C=O) groups is 1. The van der Waals surface area contributed by atoms with Crippen LogP contribution in [0.15, 0.2) is 53.4 Å². The van der Waals surface area contributed by atoms with Gasteiger partial charge in [0, 0.05) is 23.2 Å². The maximum Gasteiger partial charge on any atom is 0.264 e. The van der Waals surface area contributed by atoms with E-state index in [1.165, 1.54) is 37.5 Å². The minimum absolute atomic E-state index is 0.0480. The minimum atomic E-state index is -4.04. The highest BCUT2D eigenvalue weighted by molar-refractivity contribution is 7.92. The summed E-state index contributed by atoms with van der Waals surface area (Å²) in [4.78, 5) is 20.1. The van der Waals surface area contributed by atoms with Crippen LogP contribution in [-0.4, -0.2) is 44.4 Å². The second kappa shape index (κ2) is 11.8. The van der Waals surface area contributed by atoms with Crippen molar-refractivity contribution in [3.05, 3.63) is 65.2 Å². The van der Waals surface area contributed by atoms with Crippen LogP contribution in [0.3, 0.4) is 0 Å². The number of likely N-dealkylation sites (N-methyl/N-ethyl adjacent to an activating group) is 1. The lowest BCUT2D eigenvalue weighted by Crippen LogP contribution is -2.39. The number of benzene rings is 2. The Morgan fingerprint density at radius 1 is 1.03 bits per heavy atom. The molecule has 0 saturated heterocycles. The molecule has 0 radical (unpaired) electrons. The quantitative estimate of drug-likeness (QED) is 0.364. The lowest BCUT2D eigenvalue weighted by molar-refractivity contribution is 0.112. The third kappa shape index (κ3) is 6.53. The number of sulfonamides is 1. The number of carbonyl (C=O) groups excluding carboxylic acids is 1. The van der Waals surface area contributed by atoms with Crippen molar-refractivity contribution < 1.29 is 17.9 Å². The molecule has 0 spiro atoms. The Balaban J connectivity index is 1.67. The molecule has 9 heteroatoms. The van der Waals surface area contributed by atoms with E-state index in [1.807, 2.05) is 39.1 Å². The predicted octanol–water partition coefficient (Wildman–Crippen LogP) is 4.92. The zero-order valence-corrected chi connectivity index (χ0v) is 22.3. The smallest absolute Gasteiger partial charge is 0.264 e. The molecular formula is C28H34N4O4S. The third-order valence-electron chi connectivity index (χ3n) is 6.97. The number of aldehydes is 1. The molecule has 196 valence electrons. The molecular weight excluding hydrogens is 488 g/mol. The summed E-state index contributed by atoms with van der Waals surface area (Å²) in [6, 6.07) is 13.7. The predicted molar refractivity (Wildman–Crippen MR) is 144 cm³/mol. The number of rotatable bonds is 10. The van der Waals surface area contributed by atoms with Gasteiger partial charge < -0.3 is 10.1 Å². The molecule has 1 atom stereocenters. The molecule has 1 aliphatic carbocycles. The monoisotopic (exact) mass is 522 g/mol. The van der Waals surface area contributed by atoms with E-state index in [2.05, 4.69) is 20.0 Å². The Labute approximate surface area is 218 Å². The first-order valence-corrected chi connectivity index (χ1v) is 14.1. The van der Waals surface area contributed by atoms with Crippen molar-refractivity contribution in [2.75, 3.05) is 18.4 Å². The number of hydrogen-bond donors (Lipinski definition) is 2. The van der Waals surface area contributed by atoms with Crippen molar-refractivity contribution in [3.63, 3.8) is 0 Å². The average Bonchev–Trinajstić information content (AvgIpc) is 2.89. The Hall–Kier alpha value is -3.30. The zero-order chi connectivity index (χ0) is 26.4. The van der Waals surface area contributed by atoms with Gasteiger partial charge in [-0.3, -0.25) is 4.79 Å². The maximum atomic E-state index is 13.1. The van der Waals surface area contributed by atoms with Crippen LogP contribution >= 0.6 is 0 Å². The summed E-state index contributed by atoms with van der Waals surface area (Å²) in [5, 5.41) is 3.38. The number of nitrogens with zero attached hydrogens (tertiary/aromatic N) is 2. The summed E-state index contributed by atoms with van der Waals surface area (Å²) in [7, 11) is -2.09. The van der Waals surface area contributed by atoms with Crippen LogP contribution in [0.2, 0.25) is 0 Å². The fourth-order valence-electron chi connectivity index (χ4n) is 4.99. The average molecular weight is 523 g/mol. The van der Waals surface area contributed by atoms with Crippen molar-refractivity contribution >= 4 is 22.3 Å². The molecule has 1 aliphatic rings. The number of aromatic nitrogens is 2. The van der Waals surface area contributed by atoms with Crippen LogP contribution < -0.4 is 14.8 Å². The van der Waals surface area contributed by atoms with Gasteiger partial charge >= 0.3 is 0 Å². The van der Waals surface area contributed by atoms with E-state index < -0.39 is 10.0 Å². The Kier molecular flexibility index (Phi) is 8.56. The number of nitrogens with one attached hydrogen (secondary N) is 2. The van der Waals surface area contributed by atoms with Crippen molar-refractivity contribution in [1.82, 2.24) is 15.3 Å². The summed E-state index contributed by atoms with van der Waals surface area (Å²) in [6.45, 7) is 4.39. The van der Waals surface area contributed by atoms with Gasteiger partial charge in [-0.25, -0.2) is 18.1 Å². The first kappa shape index (κ1) is 26.8. The lowest BCUT2D eigenvalue weighted by atomic mass is 9.84. The molecule has 1 saturated carbocycles. The number of ether oxygens (including phenoxy) is 1. The maximum absolute atomic E-state index is 13.1. The molecule has 8 nitrogen and oxygen atoms in total. The molecule has 2 N–H and O–H groups in total. The Bertz CT molecular complexity index is 1330. The Morgan fingerprint density at radius 2 is 1.73 bits per heavy atom. The molecule has 37 heavy (non-hydrogen) atoms. The highest BCUT2D eigenvalue weighted by atomic mass is 32.2. The topological polar surface area (TPSA) is 110 Å².